The molecule has 3 heteroatoms. The molecular weight excluding hydrogens is 496 g/mol. The van der Waals surface area contributed by atoms with E-state index in [0.717, 1.165) is 22.5 Å². The van der Waals surface area contributed by atoms with Gasteiger partial charge in [0.05, 0.1) is 5.69 Å². The molecule has 4 rings (SSSR count). The van der Waals surface area contributed by atoms with Crippen LogP contribution in [0.1, 0.15) is 11.1 Å². The Bertz CT molecular complexity index is 999. The van der Waals surface area contributed by atoms with Crippen LogP contribution in [-0.2, 0) is 20.1 Å². The average Bonchev–Trinajstić information content (AvgIpc) is 3.12. The molecule has 4 aromatic rings. The van der Waals surface area contributed by atoms with Crippen LogP contribution in [0.15, 0.2) is 79.0 Å². The minimum absolute atomic E-state index is 0. The van der Waals surface area contributed by atoms with Gasteiger partial charge in [0.1, 0.15) is 0 Å². The van der Waals surface area contributed by atoms with E-state index in [4.69, 9.17) is 0 Å². The van der Waals surface area contributed by atoms with Crippen molar-refractivity contribution < 1.29 is 20.1 Å². The summed E-state index contributed by atoms with van der Waals surface area (Å²) in [6, 6.07) is 28.3. The summed E-state index contributed by atoms with van der Waals surface area (Å²) < 4.78 is 1.98. The van der Waals surface area contributed by atoms with E-state index in [-0.39, 0.29) is 20.1 Å². The molecule has 3 aromatic carbocycles. The van der Waals surface area contributed by atoms with Gasteiger partial charge in [0, 0.05) is 31.9 Å². The van der Waals surface area contributed by atoms with Crippen LogP contribution in [0.5, 0.6) is 0 Å². The Balaban J connectivity index is 0.00000196. The number of aryl methyl sites for hydroxylation is 2. The molecular formula is C23H19IrN2-. The van der Waals surface area contributed by atoms with Crippen molar-refractivity contribution in [3.05, 3.63) is 96.2 Å². The van der Waals surface area contributed by atoms with E-state index in [1.807, 2.05) is 47.3 Å². The standard InChI is InChI=1S/C23H19N2.Ir/c1-17-9-8-10-18(2)23(17)20-13-6-7-14-22(20)25-21(15-16-24-25)19-11-4-3-5-12-19;/h3-13,15-16H,1-2H3;/q-1;. The Morgan fingerprint density at radius 3 is 2.27 bits per heavy atom. The number of rotatable bonds is 3. The molecule has 1 aromatic heterocycles. The Hall–Kier alpha value is -2.48. The molecule has 0 amide bonds. The van der Waals surface area contributed by atoms with Crippen LogP contribution < -0.4 is 0 Å². The first kappa shape index (κ1) is 18.3. The molecule has 0 bridgehead atoms. The van der Waals surface area contributed by atoms with Crippen molar-refractivity contribution in [3.8, 4) is 28.1 Å². The van der Waals surface area contributed by atoms with Crippen molar-refractivity contribution in [2.45, 2.75) is 13.8 Å². The van der Waals surface area contributed by atoms with Crippen LogP contribution in [0.3, 0.4) is 0 Å². The van der Waals surface area contributed by atoms with E-state index >= 15 is 0 Å². The molecule has 131 valence electrons. The predicted octanol–water partition coefficient (Wildman–Crippen LogP) is 5.62. The molecule has 2 nitrogen and oxygen atoms in total. The third-order valence-corrected chi connectivity index (χ3v) is 4.51. The summed E-state index contributed by atoms with van der Waals surface area (Å²) in [4.78, 5) is 0. The molecule has 0 aliphatic heterocycles. The summed E-state index contributed by atoms with van der Waals surface area (Å²) in [7, 11) is 0. The second-order valence-electron chi connectivity index (χ2n) is 6.19. The maximum atomic E-state index is 4.59. The number of benzene rings is 3. The zero-order chi connectivity index (χ0) is 17.2. The Labute approximate surface area is 167 Å². The zero-order valence-electron chi connectivity index (χ0n) is 14.7. The Kier molecular flexibility index (Phi) is 5.51. The largest absolute Gasteiger partial charge is 0.257 e. The molecule has 0 aliphatic rings. The van der Waals surface area contributed by atoms with Gasteiger partial charge < -0.3 is 0 Å². The number of para-hydroxylation sites is 1. The van der Waals surface area contributed by atoms with Crippen LogP contribution in [0, 0.1) is 19.9 Å². The molecule has 0 saturated carbocycles. The van der Waals surface area contributed by atoms with Crippen molar-refractivity contribution in [3.63, 3.8) is 0 Å². The second-order valence-corrected chi connectivity index (χ2v) is 6.19. The molecule has 0 saturated heterocycles. The minimum Gasteiger partial charge on any atom is -0.257 e. The van der Waals surface area contributed by atoms with Crippen LogP contribution in [-0.4, -0.2) is 9.78 Å². The van der Waals surface area contributed by atoms with Gasteiger partial charge in [-0.3, -0.25) is 4.68 Å². The topological polar surface area (TPSA) is 17.8 Å². The average molecular weight is 516 g/mol. The summed E-state index contributed by atoms with van der Waals surface area (Å²) in [6.45, 7) is 4.31. The van der Waals surface area contributed by atoms with E-state index in [1.165, 1.54) is 16.7 Å². The van der Waals surface area contributed by atoms with E-state index in [9.17, 15) is 0 Å². The zero-order valence-corrected chi connectivity index (χ0v) is 17.1. The third-order valence-electron chi connectivity index (χ3n) is 4.51. The van der Waals surface area contributed by atoms with E-state index < -0.39 is 0 Å². The summed E-state index contributed by atoms with van der Waals surface area (Å²) in [6.07, 6.45) is 1.84. The maximum Gasteiger partial charge on any atom is 0.0716 e. The van der Waals surface area contributed by atoms with Gasteiger partial charge in [-0.1, -0.05) is 65.2 Å². The van der Waals surface area contributed by atoms with Crippen LogP contribution >= 0.6 is 0 Å². The van der Waals surface area contributed by atoms with Crippen molar-refractivity contribution in [1.82, 2.24) is 9.78 Å². The van der Waals surface area contributed by atoms with Crippen molar-refractivity contribution in [2.24, 2.45) is 0 Å². The Morgan fingerprint density at radius 1 is 0.808 bits per heavy atom. The number of hydrogen-bond acceptors (Lipinski definition) is 1. The molecule has 0 unspecified atom stereocenters. The summed E-state index contributed by atoms with van der Waals surface area (Å²) in [5.41, 5.74) is 8.11. The number of hydrogen-bond donors (Lipinski definition) is 0. The summed E-state index contributed by atoms with van der Waals surface area (Å²) in [5, 5.41) is 4.59. The molecule has 0 N–H and O–H groups in total. The molecule has 0 spiro atoms. The van der Waals surface area contributed by atoms with Gasteiger partial charge in [-0.25, -0.2) is 0 Å². The van der Waals surface area contributed by atoms with Crippen LogP contribution in [0.2, 0.25) is 0 Å². The third kappa shape index (κ3) is 3.28. The molecule has 1 radical (unpaired) electrons. The van der Waals surface area contributed by atoms with Gasteiger partial charge in [-0.15, -0.1) is 5.56 Å². The van der Waals surface area contributed by atoms with Crippen LogP contribution in [0.25, 0.3) is 28.1 Å². The van der Waals surface area contributed by atoms with Gasteiger partial charge in [-0.2, -0.15) is 29.4 Å². The van der Waals surface area contributed by atoms with Gasteiger partial charge in [0.25, 0.3) is 0 Å². The summed E-state index contributed by atoms with van der Waals surface area (Å²) in [5.74, 6) is 0. The first-order valence-electron chi connectivity index (χ1n) is 8.43. The van der Waals surface area contributed by atoms with Crippen molar-refractivity contribution >= 4 is 0 Å². The fraction of sp³-hybridized carbons (Fsp3) is 0.0870. The molecule has 0 atom stereocenters. The van der Waals surface area contributed by atoms with E-state index in [1.54, 1.807) is 0 Å². The van der Waals surface area contributed by atoms with E-state index in [2.05, 4.69) is 61.4 Å². The van der Waals surface area contributed by atoms with Gasteiger partial charge in [-0.05, 0) is 25.6 Å². The quantitative estimate of drug-likeness (QED) is 0.324. The monoisotopic (exact) mass is 516 g/mol. The molecule has 0 fully saturated rings. The summed E-state index contributed by atoms with van der Waals surface area (Å²) >= 11 is 0. The van der Waals surface area contributed by atoms with E-state index in [0.29, 0.717) is 0 Å². The predicted molar refractivity (Wildman–Crippen MR) is 103 cm³/mol. The fourth-order valence-electron chi connectivity index (χ4n) is 3.35. The van der Waals surface area contributed by atoms with Gasteiger partial charge in [0.2, 0.25) is 0 Å². The molecule has 26 heavy (non-hydrogen) atoms. The van der Waals surface area contributed by atoms with Crippen molar-refractivity contribution in [1.29, 1.82) is 0 Å². The first-order valence-corrected chi connectivity index (χ1v) is 8.43. The Morgan fingerprint density at radius 2 is 1.54 bits per heavy atom. The number of aromatic nitrogens is 2. The fourth-order valence-corrected chi connectivity index (χ4v) is 3.35. The minimum atomic E-state index is 0. The van der Waals surface area contributed by atoms with Gasteiger partial charge >= 0.3 is 0 Å². The molecule has 0 aliphatic carbocycles. The van der Waals surface area contributed by atoms with Gasteiger partial charge in [0.15, 0.2) is 0 Å². The van der Waals surface area contributed by atoms with Crippen molar-refractivity contribution in [2.75, 3.05) is 0 Å². The maximum absolute atomic E-state index is 4.59. The molecule has 1 heterocycles. The SMILES string of the molecule is Cc1cccc(C)c1-c1ccc[c-]c1-n1nccc1-c1ccccc1.[Ir]. The first-order chi connectivity index (χ1) is 12.3. The number of nitrogens with zero attached hydrogens (tertiary/aromatic N) is 2. The second kappa shape index (κ2) is 7.82. The normalized spacial score (nSPS) is 10.4. The smallest absolute Gasteiger partial charge is 0.0716 e. The van der Waals surface area contributed by atoms with Crippen LogP contribution in [0.4, 0.5) is 0 Å².